The predicted molar refractivity (Wildman–Crippen MR) is 94.9 cm³/mol. The van der Waals surface area contributed by atoms with Gasteiger partial charge in [-0.2, -0.15) is 0 Å². The lowest BCUT2D eigenvalue weighted by Gasteiger charge is -2.11. The molecule has 6 heteroatoms. The van der Waals surface area contributed by atoms with Crippen LogP contribution in [0.25, 0.3) is 0 Å². The highest BCUT2D eigenvalue weighted by molar-refractivity contribution is 5.92. The second kappa shape index (κ2) is 15.7. The van der Waals surface area contributed by atoms with Crippen LogP contribution in [0.15, 0.2) is 12.2 Å². The van der Waals surface area contributed by atoms with Crippen LogP contribution in [-0.2, 0) is 28.6 Å². The van der Waals surface area contributed by atoms with E-state index in [1.54, 1.807) is 0 Å². The topological polar surface area (TPSA) is 78.9 Å². The van der Waals surface area contributed by atoms with Crippen LogP contribution in [0.5, 0.6) is 0 Å². The molecule has 1 atom stereocenters. The summed E-state index contributed by atoms with van der Waals surface area (Å²) in [5.74, 6) is -1.96. The lowest BCUT2D eigenvalue weighted by Crippen LogP contribution is -2.26. The fourth-order valence-corrected chi connectivity index (χ4v) is 1.97. The third-order valence-corrected chi connectivity index (χ3v) is 3.46. The Balaban J connectivity index is 3.90. The standard InChI is InChI=1S/C19H32O6/c1-4-6-8-10-14-23-17(20)12-13-18(21)25-16(3)19(22)24-15-11-9-7-5-2/h12-13,16H,4-11,14-15H2,1-3H3/b13-12-. The van der Waals surface area contributed by atoms with Gasteiger partial charge in [0.05, 0.1) is 13.2 Å². The minimum absolute atomic E-state index is 0.320. The summed E-state index contributed by atoms with van der Waals surface area (Å²) in [5.41, 5.74) is 0. The number of hydrogen-bond donors (Lipinski definition) is 0. The first-order valence-corrected chi connectivity index (χ1v) is 9.23. The van der Waals surface area contributed by atoms with E-state index >= 15 is 0 Å². The van der Waals surface area contributed by atoms with E-state index in [1.165, 1.54) is 6.92 Å². The highest BCUT2D eigenvalue weighted by Gasteiger charge is 2.18. The number of carbonyl (C=O) groups is 3. The van der Waals surface area contributed by atoms with Gasteiger partial charge in [-0.15, -0.1) is 0 Å². The van der Waals surface area contributed by atoms with Gasteiger partial charge in [0.1, 0.15) is 0 Å². The highest BCUT2D eigenvalue weighted by Crippen LogP contribution is 2.02. The van der Waals surface area contributed by atoms with E-state index in [2.05, 4.69) is 13.8 Å². The molecular weight excluding hydrogens is 324 g/mol. The third-order valence-electron chi connectivity index (χ3n) is 3.46. The Bertz CT molecular complexity index is 416. The van der Waals surface area contributed by atoms with E-state index in [-0.39, 0.29) is 0 Å². The second-order valence-corrected chi connectivity index (χ2v) is 5.87. The summed E-state index contributed by atoms with van der Waals surface area (Å²) in [7, 11) is 0. The van der Waals surface area contributed by atoms with Crippen molar-refractivity contribution in [3.05, 3.63) is 12.2 Å². The molecule has 0 saturated carbocycles. The summed E-state index contributed by atoms with van der Waals surface area (Å²) in [5, 5.41) is 0. The normalized spacial score (nSPS) is 12.0. The molecule has 144 valence electrons. The van der Waals surface area contributed by atoms with Gasteiger partial charge in [-0.3, -0.25) is 0 Å². The quantitative estimate of drug-likeness (QED) is 0.204. The van der Waals surface area contributed by atoms with Gasteiger partial charge in [0.15, 0.2) is 6.10 Å². The van der Waals surface area contributed by atoms with Crippen molar-refractivity contribution in [2.24, 2.45) is 0 Å². The smallest absolute Gasteiger partial charge is 0.347 e. The first-order chi connectivity index (χ1) is 12.0. The van der Waals surface area contributed by atoms with E-state index in [4.69, 9.17) is 14.2 Å². The Morgan fingerprint density at radius 3 is 1.84 bits per heavy atom. The summed E-state index contributed by atoms with van der Waals surface area (Å²) in [6.07, 6.45) is 8.98. The molecule has 0 amide bonds. The average Bonchev–Trinajstić information content (AvgIpc) is 2.59. The van der Waals surface area contributed by atoms with Gasteiger partial charge in [-0.1, -0.05) is 52.4 Å². The van der Waals surface area contributed by atoms with Crippen LogP contribution in [0.1, 0.15) is 72.1 Å². The molecule has 0 aromatic heterocycles. The van der Waals surface area contributed by atoms with Crippen LogP contribution in [0.2, 0.25) is 0 Å². The maximum absolute atomic E-state index is 11.7. The van der Waals surface area contributed by atoms with Crippen molar-refractivity contribution in [3.63, 3.8) is 0 Å². The predicted octanol–water partition coefficient (Wildman–Crippen LogP) is 3.72. The molecule has 0 heterocycles. The SMILES string of the molecule is CCCCCCOC(=O)/C=C\C(=O)OC(C)C(=O)OCCCCCC. The molecule has 1 unspecified atom stereocenters. The zero-order valence-corrected chi connectivity index (χ0v) is 15.8. The minimum Gasteiger partial charge on any atom is -0.463 e. The number of ether oxygens (including phenoxy) is 3. The van der Waals surface area contributed by atoms with Crippen molar-refractivity contribution >= 4 is 17.9 Å². The Kier molecular flexibility index (Phi) is 14.5. The fourth-order valence-electron chi connectivity index (χ4n) is 1.97. The number of rotatable bonds is 14. The third kappa shape index (κ3) is 14.2. The molecule has 0 N–H and O–H groups in total. The largest absolute Gasteiger partial charge is 0.463 e. The number of unbranched alkanes of at least 4 members (excludes halogenated alkanes) is 6. The average molecular weight is 356 g/mol. The Morgan fingerprint density at radius 2 is 1.28 bits per heavy atom. The maximum atomic E-state index is 11.7. The minimum atomic E-state index is -1.01. The fraction of sp³-hybridized carbons (Fsp3) is 0.737. The Morgan fingerprint density at radius 1 is 0.760 bits per heavy atom. The zero-order chi connectivity index (χ0) is 18.9. The summed E-state index contributed by atoms with van der Waals surface area (Å²) >= 11 is 0. The molecule has 0 aliphatic rings. The van der Waals surface area contributed by atoms with Crippen LogP contribution < -0.4 is 0 Å². The van der Waals surface area contributed by atoms with Gasteiger partial charge >= 0.3 is 17.9 Å². The molecule has 0 spiro atoms. The number of carbonyl (C=O) groups excluding carboxylic acids is 3. The van der Waals surface area contributed by atoms with Crippen LogP contribution >= 0.6 is 0 Å². The summed E-state index contributed by atoms with van der Waals surface area (Å²) < 4.78 is 14.9. The Labute approximate surface area is 150 Å². The lowest BCUT2D eigenvalue weighted by atomic mass is 10.2. The summed E-state index contributed by atoms with van der Waals surface area (Å²) in [6.45, 7) is 6.29. The molecule has 25 heavy (non-hydrogen) atoms. The number of esters is 3. The first-order valence-electron chi connectivity index (χ1n) is 9.23. The summed E-state index contributed by atoms with van der Waals surface area (Å²) in [4.78, 5) is 34.6. The summed E-state index contributed by atoms with van der Waals surface area (Å²) in [6, 6.07) is 0. The van der Waals surface area contributed by atoms with Gasteiger partial charge in [0.25, 0.3) is 0 Å². The van der Waals surface area contributed by atoms with Crippen molar-refractivity contribution in [2.75, 3.05) is 13.2 Å². The van der Waals surface area contributed by atoms with Crippen LogP contribution in [-0.4, -0.2) is 37.2 Å². The molecule has 0 aliphatic heterocycles. The molecular formula is C19H32O6. The van der Waals surface area contributed by atoms with Crippen LogP contribution in [0.3, 0.4) is 0 Å². The number of hydrogen-bond acceptors (Lipinski definition) is 6. The highest BCUT2D eigenvalue weighted by atomic mass is 16.6. The van der Waals surface area contributed by atoms with E-state index in [0.717, 1.165) is 63.5 Å². The molecule has 6 nitrogen and oxygen atoms in total. The second-order valence-electron chi connectivity index (χ2n) is 5.87. The van der Waals surface area contributed by atoms with E-state index in [0.29, 0.717) is 13.2 Å². The molecule has 0 aliphatic carbocycles. The van der Waals surface area contributed by atoms with Crippen molar-refractivity contribution in [1.82, 2.24) is 0 Å². The zero-order valence-electron chi connectivity index (χ0n) is 15.8. The molecule has 0 fully saturated rings. The van der Waals surface area contributed by atoms with Gasteiger partial charge in [0, 0.05) is 12.2 Å². The van der Waals surface area contributed by atoms with Crippen LogP contribution in [0.4, 0.5) is 0 Å². The molecule has 0 bridgehead atoms. The maximum Gasteiger partial charge on any atom is 0.347 e. The van der Waals surface area contributed by atoms with E-state index in [9.17, 15) is 14.4 Å². The monoisotopic (exact) mass is 356 g/mol. The molecule has 0 aromatic carbocycles. The lowest BCUT2D eigenvalue weighted by molar-refractivity contribution is -0.163. The molecule has 0 rings (SSSR count). The molecule has 0 radical (unpaired) electrons. The van der Waals surface area contributed by atoms with Crippen molar-refractivity contribution in [1.29, 1.82) is 0 Å². The van der Waals surface area contributed by atoms with Gasteiger partial charge in [-0.05, 0) is 19.8 Å². The van der Waals surface area contributed by atoms with Crippen LogP contribution in [0, 0.1) is 0 Å². The van der Waals surface area contributed by atoms with Crippen molar-refractivity contribution in [2.45, 2.75) is 78.2 Å². The molecule has 0 aromatic rings. The van der Waals surface area contributed by atoms with Gasteiger partial charge in [-0.25, -0.2) is 14.4 Å². The van der Waals surface area contributed by atoms with E-state index < -0.39 is 24.0 Å². The van der Waals surface area contributed by atoms with Gasteiger partial charge < -0.3 is 14.2 Å². The van der Waals surface area contributed by atoms with Crippen molar-refractivity contribution in [3.8, 4) is 0 Å². The Hall–Kier alpha value is -1.85. The van der Waals surface area contributed by atoms with Crippen molar-refractivity contribution < 1.29 is 28.6 Å². The molecule has 0 saturated heterocycles. The first kappa shape index (κ1) is 23.1. The van der Waals surface area contributed by atoms with Gasteiger partial charge in [0.2, 0.25) is 0 Å². The van der Waals surface area contributed by atoms with E-state index in [1.807, 2.05) is 0 Å².